The zero-order chi connectivity index (χ0) is 23.3. The standard InChI is InChI=1S/C23H34N2O6S/c1-4-19-11-7-8-14-25(19)22(26)16(2)31-23(27)17-12-13-20(30-3)21(15-17)32(28,29)24-18-9-5-6-10-18/h12-13,15-16,18-19,24H,4-11,14H2,1-3H3. The van der Waals surface area contributed by atoms with Crippen molar-refractivity contribution in [2.24, 2.45) is 0 Å². The fraction of sp³-hybridized carbons (Fsp3) is 0.652. The largest absolute Gasteiger partial charge is 0.495 e. The van der Waals surface area contributed by atoms with Gasteiger partial charge in [-0.15, -0.1) is 0 Å². The molecule has 1 N–H and O–H groups in total. The van der Waals surface area contributed by atoms with Gasteiger partial charge in [-0.05, 0) is 63.6 Å². The van der Waals surface area contributed by atoms with Crippen molar-refractivity contribution in [1.82, 2.24) is 9.62 Å². The fourth-order valence-electron chi connectivity index (χ4n) is 4.57. The molecule has 0 bridgehead atoms. The smallest absolute Gasteiger partial charge is 0.338 e. The predicted molar refractivity (Wildman–Crippen MR) is 120 cm³/mol. The zero-order valence-corrected chi connectivity index (χ0v) is 19.9. The van der Waals surface area contributed by atoms with Crippen LogP contribution in [0.2, 0.25) is 0 Å². The maximum absolute atomic E-state index is 12.9. The van der Waals surface area contributed by atoms with Gasteiger partial charge < -0.3 is 14.4 Å². The van der Waals surface area contributed by atoms with Crippen LogP contribution >= 0.6 is 0 Å². The summed E-state index contributed by atoms with van der Waals surface area (Å²) in [5.74, 6) is -0.805. The number of ether oxygens (including phenoxy) is 2. The molecule has 0 aromatic heterocycles. The summed E-state index contributed by atoms with van der Waals surface area (Å²) >= 11 is 0. The van der Waals surface area contributed by atoms with E-state index in [1.165, 1.54) is 25.3 Å². The van der Waals surface area contributed by atoms with Gasteiger partial charge in [-0.3, -0.25) is 4.79 Å². The molecule has 0 radical (unpaired) electrons. The number of rotatable bonds is 8. The van der Waals surface area contributed by atoms with Gasteiger partial charge in [-0.2, -0.15) is 0 Å². The minimum Gasteiger partial charge on any atom is -0.495 e. The van der Waals surface area contributed by atoms with Crippen LogP contribution in [0.3, 0.4) is 0 Å². The summed E-state index contributed by atoms with van der Waals surface area (Å²) in [4.78, 5) is 27.3. The molecule has 1 saturated heterocycles. The van der Waals surface area contributed by atoms with Gasteiger partial charge >= 0.3 is 5.97 Å². The molecule has 8 nitrogen and oxygen atoms in total. The number of nitrogens with zero attached hydrogens (tertiary/aromatic N) is 1. The third kappa shape index (κ3) is 5.61. The average molecular weight is 467 g/mol. The lowest BCUT2D eigenvalue weighted by Crippen LogP contribution is -2.48. The number of hydrogen-bond donors (Lipinski definition) is 1. The first-order valence-corrected chi connectivity index (χ1v) is 13.0. The van der Waals surface area contributed by atoms with Crippen molar-refractivity contribution in [3.8, 4) is 5.75 Å². The van der Waals surface area contributed by atoms with Crippen molar-refractivity contribution in [2.45, 2.75) is 88.3 Å². The van der Waals surface area contributed by atoms with E-state index >= 15 is 0 Å². The summed E-state index contributed by atoms with van der Waals surface area (Å²) in [7, 11) is -2.49. The summed E-state index contributed by atoms with van der Waals surface area (Å²) in [5, 5.41) is 0. The van der Waals surface area contributed by atoms with Crippen LogP contribution in [0.15, 0.2) is 23.1 Å². The van der Waals surface area contributed by atoms with Gasteiger partial charge in [0, 0.05) is 18.6 Å². The van der Waals surface area contributed by atoms with Gasteiger partial charge in [0.2, 0.25) is 10.0 Å². The molecular formula is C23H34N2O6S. The molecule has 1 heterocycles. The Morgan fingerprint density at radius 2 is 1.84 bits per heavy atom. The number of likely N-dealkylation sites (tertiary alicyclic amines) is 1. The molecule has 1 aromatic carbocycles. The Balaban J connectivity index is 1.75. The Hall–Kier alpha value is -2.13. The van der Waals surface area contributed by atoms with Crippen LogP contribution in [0, 0.1) is 0 Å². The quantitative estimate of drug-likeness (QED) is 0.590. The summed E-state index contributed by atoms with van der Waals surface area (Å²) in [6.45, 7) is 4.27. The topological polar surface area (TPSA) is 102 Å². The first-order chi connectivity index (χ1) is 15.3. The molecule has 1 aromatic rings. The second kappa shape index (κ2) is 10.7. The van der Waals surface area contributed by atoms with E-state index in [9.17, 15) is 18.0 Å². The van der Waals surface area contributed by atoms with Crippen LogP contribution in [0.5, 0.6) is 5.75 Å². The van der Waals surface area contributed by atoms with Gasteiger partial charge in [0.1, 0.15) is 10.6 Å². The molecule has 2 unspecified atom stereocenters. The van der Waals surface area contributed by atoms with Gasteiger partial charge in [-0.25, -0.2) is 17.9 Å². The van der Waals surface area contributed by atoms with E-state index in [1.807, 2.05) is 6.92 Å². The molecule has 1 aliphatic carbocycles. The highest BCUT2D eigenvalue weighted by Gasteiger charge is 2.31. The van der Waals surface area contributed by atoms with Crippen LogP contribution in [-0.2, 0) is 19.6 Å². The second-order valence-corrected chi connectivity index (χ2v) is 10.3. The summed E-state index contributed by atoms with van der Waals surface area (Å²) < 4.78 is 39.2. The van der Waals surface area contributed by atoms with E-state index in [0.29, 0.717) is 6.54 Å². The Morgan fingerprint density at radius 3 is 2.50 bits per heavy atom. The molecule has 3 rings (SSSR count). The highest BCUT2D eigenvalue weighted by Crippen LogP contribution is 2.28. The molecule has 0 spiro atoms. The number of methoxy groups -OCH3 is 1. The Bertz CT molecular complexity index is 926. The fourth-order valence-corrected chi connectivity index (χ4v) is 6.07. The predicted octanol–water partition coefficient (Wildman–Crippen LogP) is 3.25. The average Bonchev–Trinajstić information content (AvgIpc) is 3.30. The van der Waals surface area contributed by atoms with Crippen LogP contribution in [0.25, 0.3) is 0 Å². The van der Waals surface area contributed by atoms with Crippen LogP contribution in [0.1, 0.15) is 75.6 Å². The molecule has 1 aliphatic heterocycles. The normalized spacial score (nSPS) is 20.7. The maximum Gasteiger partial charge on any atom is 0.338 e. The number of benzene rings is 1. The Kier molecular flexibility index (Phi) is 8.16. The monoisotopic (exact) mass is 466 g/mol. The zero-order valence-electron chi connectivity index (χ0n) is 19.1. The molecule has 2 aliphatic rings. The van der Waals surface area contributed by atoms with Crippen molar-refractivity contribution in [2.75, 3.05) is 13.7 Å². The highest BCUT2D eigenvalue weighted by molar-refractivity contribution is 7.89. The van der Waals surface area contributed by atoms with E-state index in [2.05, 4.69) is 4.72 Å². The molecule has 2 atom stereocenters. The van der Waals surface area contributed by atoms with Crippen LogP contribution < -0.4 is 9.46 Å². The van der Waals surface area contributed by atoms with Gasteiger partial charge in [0.25, 0.3) is 5.91 Å². The minimum atomic E-state index is -3.87. The Labute approximate surface area is 190 Å². The summed E-state index contributed by atoms with van der Waals surface area (Å²) in [6.07, 6.45) is 6.45. The number of esters is 1. The maximum atomic E-state index is 12.9. The molecule has 1 saturated carbocycles. The lowest BCUT2D eigenvalue weighted by molar-refractivity contribution is -0.143. The van der Waals surface area contributed by atoms with Gasteiger partial charge in [0.15, 0.2) is 6.10 Å². The first kappa shape index (κ1) is 24.5. The van der Waals surface area contributed by atoms with Crippen molar-refractivity contribution < 1.29 is 27.5 Å². The number of sulfonamides is 1. The van der Waals surface area contributed by atoms with E-state index in [1.54, 1.807) is 11.8 Å². The SMILES string of the molecule is CCC1CCCCN1C(=O)C(C)OC(=O)c1ccc(OC)c(S(=O)(=O)NC2CCCC2)c1. The third-order valence-electron chi connectivity index (χ3n) is 6.38. The molecular weight excluding hydrogens is 432 g/mol. The Morgan fingerprint density at radius 1 is 1.16 bits per heavy atom. The van der Waals surface area contributed by atoms with Gasteiger partial charge in [0.05, 0.1) is 12.7 Å². The molecule has 2 fully saturated rings. The van der Waals surface area contributed by atoms with Gasteiger partial charge in [-0.1, -0.05) is 19.8 Å². The second-order valence-electron chi connectivity index (χ2n) is 8.61. The third-order valence-corrected chi connectivity index (χ3v) is 7.92. The van der Waals surface area contributed by atoms with E-state index in [-0.39, 0.29) is 34.2 Å². The molecule has 178 valence electrons. The highest BCUT2D eigenvalue weighted by atomic mass is 32.2. The molecule has 32 heavy (non-hydrogen) atoms. The first-order valence-electron chi connectivity index (χ1n) is 11.5. The summed E-state index contributed by atoms with van der Waals surface area (Å²) in [6, 6.07) is 4.18. The number of carbonyl (C=O) groups excluding carboxylic acids is 2. The molecule has 9 heteroatoms. The van der Waals surface area contributed by atoms with E-state index in [0.717, 1.165) is 51.4 Å². The number of nitrogens with one attached hydrogen (secondary N) is 1. The lowest BCUT2D eigenvalue weighted by atomic mass is 9.99. The van der Waals surface area contributed by atoms with E-state index in [4.69, 9.17) is 9.47 Å². The summed E-state index contributed by atoms with van der Waals surface area (Å²) in [5.41, 5.74) is 0.0583. The van der Waals surface area contributed by atoms with Crippen molar-refractivity contribution in [1.29, 1.82) is 0 Å². The number of amides is 1. The van der Waals surface area contributed by atoms with E-state index < -0.39 is 22.1 Å². The number of piperidine rings is 1. The number of hydrogen-bond acceptors (Lipinski definition) is 6. The van der Waals surface area contributed by atoms with Crippen molar-refractivity contribution in [3.05, 3.63) is 23.8 Å². The number of carbonyl (C=O) groups is 2. The molecule has 1 amide bonds. The van der Waals surface area contributed by atoms with Crippen LogP contribution in [-0.4, -0.2) is 57.0 Å². The van der Waals surface area contributed by atoms with Crippen molar-refractivity contribution >= 4 is 21.9 Å². The van der Waals surface area contributed by atoms with Crippen molar-refractivity contribution in [3.63, 3.8) is 0 Å². The minimum absolute atomic E-state index is 0.0583. The van der Waals surface area contributed by atoms with Crippen LogP contribution in [0.4, 0.5) is 0 Å². The lowest BCUT2D eigenvalue weighted by Gasteiger charge is -2.36.